The minimum Gasteiger partial charge on any atom is -0.468 e. The fourth-order valence-electron chi connectivity index (χ4n) is 1.28. The van der Waals surface area contributed by atoms with Gasteiger partial charge in [-0.3, -0.25) is 4.79 Å². The van der Waals surface area contributed by atoms with Crippen molar-refractivity contribution in [2.75, 3.05) is 7.11 Å². The molecule has 0 fully saturated rings. The van der Waals surface area contributed by atoms with Crippen LogP contribution in [0.1, 0.15) is 11.1 Å². The van der Waals surface area contributed by atoms with Gasteiger partial charge < -0.3 is 10.5 Å². The normalized spacial score (nSPS) is 11.9. The van der Waals surface area contributed by atoms with Gasteiger partial charge in [0.25, 0.3) is 0 Å². The Morgan fingerprint density at radius 1 is 1.53 bits per heavy atom. The Hall–Kier alpha value is -1.61. The van der Waals surface area contributed by atoms with E-state index < -0.39 is 6.04 Å². The Labute approximate surface area is 89.5 Å². The van der Waals surface area contributed by atoms with E-state index in [-0.39, 0.29) is 5.97 Å². The molecule has 0 heterocycles. The van der Waals surface area contributed by atoms with Gasteiger partial charge in [-0.1, -0.05) is 36.9 Å². The summed E-state index contributed by atoms with van der Waals surface area (Å²) in [5.41, 5.74) is 7.69. The highest BCUT2D eigenvalue weighted by atomic mass is 16.5. The summed E-state index contributed by atoms with van der Waals surface area (Å²) in [7, 11) is 1.34. The van der Waals surface area contributed by atoms with E-state index in [1.807, 2.05) is 24.3 Å². The molecule has 15 heavy (non-hydrogen) atoms. The Kier molecular flexibility index (Phi) is 4.06. The zero-order valence-corrected chi connectivity index (χ0v) is 8.77. The number of hydrogen-bond donors (Lipinski definition) is 1. The van der Waals surface area contributed by atoms with Crippen LogP contribution in [0.15, 0.2) is 30.8 Å². The highest BCUT2D eigenvalue weighted by Crippen LogP contribution is 2.07. The van der Waals surface area contributed by atoms with E-state index in [4.69, 9.17) is 5.73 Å². The molecular weight excluding hydrogens is 190 g/mol. The molecule has 0 aliphatic heterocycles. The lowest BCUT2D eigenvalue weighted by molar-refractivity contribution is -0.142. The molecule has 0 amide bonds. The molecule has 1 aromatic rings. The van der Waals surface area contributed by atoms with Crippen molar-refractivity contribution in [2.45, 2.75) is 12.5 Å². The molecule has 0 spiro atoms. The molecule has 0 bridgehead atoms. The van der Waals surface area contributed by atoms with E-state index in [1.165, 1.54) is 7.11 Å². The van der Waals surface area contributed by atoms with Crippen LogP contribution in [0.2, 0.25) is 0 Å². The summed E-state index contributed by atoms with van der Waals surface area (Å²) in [6, 6.07) is 7.14. The van der Waals surface area contributed by atoms with Crippen molar-refractivity contribution in [3.8, 4) is 0 Å². The molecule has 1 rings (SSSR count). The smallest absolute Gasteiger partial charge is 0.322 e. The number of hydrogen-bond acceptors (Lipinski definition) is 3. The van der Waals surface area contributed by atoms with Gasteiger partial charge in [-0.2, -0.15) is 0 Å². The lowest BCUT2D eigenvalue weighted by Crippen LogP contribution is -2.33. The zero-order chi connectivity index (χ0) is 11.3. The van der Waals surface area contributed by atoms with Crippen LogP contribution in [0.3, 0.4) is 0 Å². The standard InChI is InChI=1S/C12H15NO2/c1-3-9-4-6-10(7-5-9)8-11(13)12(14)15-2/h3-7,11H,1,8,13H2,2H3. The van der Waals surface area contributed by atoms with Crippen LogP contribution in [-0.2, 0) is 16.0 Å². The summed E-state index contributed by atoms with van der Waals surface area (Å²) in [5.74, 6) is -0.386. The third-order valence-corrected chi connectivity index (χ3v) is 2.17. The number of benzene rings is 1. The summed E-state index contributed by atoms with van der Waals surface area (Å²) >= 11 is 0. The molecule has 0 radical (unpaired) electrons. The molecule has 0 aliphatic rings. The van der Waals surface area contributed by atoms with Crippen molar-refractivity contribution in [1.82, 2.24) is 0 Å². The lowest BCUT2D eigenvalue weighted by atomic mass is 10.0. The number of ether oxygens (including phenoxy) is 1. The number of rotatable bonds is 4. The Bertz CT molecular complexity index is 343. The van der Waals surface area contributed by atoms with Crippen LogP contribution in [0.4, 0.5) is 0 Å². The molecule has 1 aromatic carbocycles. The number of methoxy groups -OCH3 is 1. The first-order valence-corrected chi connectivity index (χ1v) is 4.72. The fraction of sp³-hybridized carbons (Fsp3) is 0.250. The van der Waals surface area contributed by atoms with Gasteiger partial charge >= 0.3 is 5.97 Å². The van der Waals surface area contributed by atoms with Crippen molar-refractivity contribution >= 4 is 12.0 Å². The molecule has 0 saturated carbocycles. The van der Waals surface area contributed by atoms with Gasteiger partial charge in [-0.15, -0.1) is 0 Å². The number of carbonyl (C=O) groups excluding carboxylic acids is 1. The third-order valence-electron chi connectivity index (χ3n) is 2.17. The largest absolute Gasteiger partial charge is 0.468 e. The Balaban J connectivity index is 2.64. The number of nitrogens with two attached hydrogens (primary N) is 1. The predicted molar refractivity (Wildman–Crippen MR) is 60.2 cm³/mol. The highest BCUT2D eigenvalue weighted by Gasteiger charge is 2.13. The van der Waals surface area contributed by atoms with Gasteiger partial charge in [0.2, 0.25) is 0 Å². The van der Waals surface area contributed by atoms with Gasteiger partial charge in [-0.05, 0) is 17.5 Å². The van der Waals surface area contributed by atoms with Gasteiger partial charge in [-0.25, -0.2) is 0 Å². The summed E-state index contributed by atoms with van der Waals surface area (Å²) in [4.78, 5) is 11.1. The topological polar surface area (TPSA) is 52.3 Å². The molecule has 0 aliphatic carbocycles. The summed E-state index contributed by atoms with van der Waals surface area (Å²) in [5, 5.41) is 0. The van der Waals surface area contributed by atoms with E-state index in [9.17, 15) is 4.79 Å². The van der Waals surface area contributed by atoms with Crippen LogP contribution >= 0.6 is 0 Å². The van der Waals surface area contributed by atoms with Crippen LogP contribution in [-0.4, -0.2) is 19.1 Å². The average molecular weight is 205 g/mol. The van der Waals surface area contributed by atoms with E-state index in [2.05, 4.69) is 11.3 Å². The van der Waals surface area contributed by atoms with Crippen molar-refractivity contribution in [2.24, 2.45) is 5.73 Å². The Morgan fingerprint density at radius 2 is 2.13 bits per heavy atom. The first-order chi connectivity index (χ1) is 7.17. The second-order valence-electron chi connectivity index (χ2n) is 3.28. The van der Waals surface area contributed by atoms with Crippen LogP contribution < -0.4 is 5.73 Å². The average Bonchev–Trinajstić information content (AvgIpc) is 2.29. The molecule has 1 atom stereocenters. The van der Waals surface area contributed by atoms with E-state index >= 15 is 0 Å². The second kappa shape index (κ2) is 5.32. The van der Waals surface area contributed by atoms with Crippen LogP contribution in [0, 0.1) is 0 Å². The van der Waals surface area contributed by atoms with Crippen molar-refractivity contribution in [3.63, 3.8) is 0 Å². The number of carbonyl (C=O) groups is 1. The summed E-state index contributed by atoms with van der Waals surface area (Å²) in [6.07, 6.45) is 2.26. The van der Waals surface area contributed by atoms with Gasteiger partial charge in [0.05, 0.1) is 7.11 Å². The Morgan fingerprint density at radius 3 is 2.60 bits per heavy atom. The minimum absolute atomic E-state index is 0.386. The molecule has 3 heteroatoms. The first-order valence-electron chi connectivity index (χ1n) is 4.72. The summed E-state index contributed by atoms with van der Waals surface area (Å²) < 4.78 is 4.55. The molecule has 0 aromatic heterocycles. The lowest BCUT2D eigenvalue weighted by Gasteiger charge is -2.08. The van der Waals surface area contributed by atoms with Gasteiger partial charge in [0.1, 0.15) is 6.04 Å². The number of esters is 1. The zero-order valence-electron chi connectivity index (χ0n) is 8.77. The predicted octanol–water partition coefficient (Wildman–Crippen LogP) is 1.37. The molecular formula is C12H15NO2. The highest BCUT2D eigenvalue weighted by molar-refractivity contribution is 5.75. The van der Waals surface area contributed by atoms with E-state index in [0.29, 0.717) is 6.42 Å². The SMILES string of the molecule is C=Cc1ccc(CC(N)C(=O)OC)cc1. The molecule has 80 valence electrons. The monoisotopic (exact) mass is 205 g/mol. The third kappa shape index (κ3) is 3.22. The maximum absolute atomic E-state index is 11.1. The van der Waals surface area contributed by atoms with E-state index in [0.717, 1.165) is 11.1 Å². The maximum atomic E-state index is 11.1. The molecule has 0 saturated heterocycles. The second-order valence-corrected chi connectivity index (χ2v) is 3.28. The van der Waals surface area contributed by atoms with Crippen LogP contribution in [0.25, 0.3) is 6.08 Å². The van der Waals surface area contributed by atoms with Gasteiger partial charge in [0.15, 0.2) is 0 Å². The van der Waals surface area contributed by atoms with Crippen molar-refractivity contribution in [1.29, 1.82) is 0 Å². The minimum atomic E-state index is -0.593. The molecule has 1 unspecified atom stereocenters. The van der Waals surface area contributed by atoms with Crippen molar-refractivity contribution in [3.05, 3.63) is 42.0 Å². The van der Waals surface area contributed by atoms with E-state index in [1.54, 1.807) is 6.08 Å². The van der Waals surface area contributed by atoms with Crippen molar-refractivity contribution < 1.29 is 9.53 Å². The maximum Gasteiger partial charge on any atom is 0.322 e. The molecule has 3 nitrogen and oxygen atoms in total. The van der Waals surface area contributed by atoms with Gasteiger partial charge in [0, 0.05) is 0 Å². The molecule has 2 N–H and O–H groups in total. The fourth-order valence-corrected chi connectivity index (χ4v) is 1.28. The van der Waals surface area contributed by atoms with Crippen LogP contribution in [0.5, 0.6) is 0 Å². The first kappa shape index (κ1) is 11.5. The summed E-state index contributed by atoms with van der Waals surface area (Å²) in [6.45, 7) is 3.66. The quantitative estimate of drug-likeness (QED) is 0.755.